The molecule has 29 heavy (non-hydrogen) atoms. The van der Waals surface area contributed by atoms with Crippen molar-refractivity contribution in [1.29, 1.82) is 0 Å². The summed E-state index contributed by atoms with van der Waals surface area (Å²) in [6.45, 7) is 0. The van der Waals surface area contributed by atoms with E-state index in [-0.39, 0.29) is 25.5 Å². The molecule has 0 bridgehead atoms. The molecule has 0 atom stereocenters. The highest BCUT2D eigenvalue weighted by molar-refractivity contribution is 7.93. The number of para-hydroxylation sites is 1. The Labute approximate surface area is 179 Å². The molecular weight excluding hydrogens is 455 g/mol. The third-order valence-electron chi connectivity index (χ3n) is 4.07. The van der Waals surface area contributed by atoms with E-state index >= 15 is 0 Å². The first kappa shape index (κ1) is 21.4. The summed E-state index contributed by atoms with van der Waals surface area (Å²) < 4.78 is 54.7. The minimum Gasteiger partial charge on any atom is -0.280 e. The summed E-state index contributed by atoms with van der Waals surface area (Å²) >= 11 is 11.9. The molecule has 152 valence electrons. The van der Waals surface area contributed by atoms with E-state index in [0.717, 1.165) is 4.31 Å². The van der Waals surface area contributed by atoms with E-state index < -0.39 is 20.0 Å². The van der Waals surface area contributed by atoms with Gasteiger partial charge in [-0.25, -0.2) is 16.8 Å². The molecule has 0 radical (unpaired) electrons. The van der Waals surface area contributed by atoms with Gasteiger partial charge in [-0.05, 0) is 42.5 Å². The summed E-state index contributed by atoms with van der Waals surface area (Å²) in [7, 11) is -6.55. The van der Waals surface area contributed by atoms with Gasteiger partial charge in [-0.3, -0.25) is 9.03 Å². The Bertz CT molecular complexity index is 1250. The maximum Gasteiger partial charge on any atom is 0.264 e. The smallest absolute Gasteiger partial charge is 0.264 e. The lowest BCUT2D eigenvalue weighted by Crippen LogP contribution is -2.26. The van der Waals surface area contributed by atoms with E-state index in [1.807, 2.05) is 0 Å². The van der Waals surface area contributed by atoms with E-state index in [1.165, 1.54) is 49.5 Å². The molecular formula is C19H16Cl2N2O4S2. The van der Waals surface area contributed by atoms with Crippen molar-refractivity contribution in [2.45, 2.75) is 9.79 Å². The first-order valence-electron chi connectivity index (χ1n) is 8.24. The standard InChI is InChI=1S/C19H16Cl2N2O4S2/c1-23(15-8-3-2-4-9-15)29(26,27)16-10-5-7-14(13-16)22-28(24,25)18-12-6-11-17(20)19(18)21/h2-13,22H,1H3. The minimum absolute atomic E-state index is 0.0683. The summed E-state index contributed by atoms with van der Waals surface area (Å²) in [5.74, 6) is 0. The number of hydrogen-bond donors (Lipinski definition) is 1. The maximum absolute atomic E-state index is 12.9. The van der Waals surface area contributed by atoms with Gasteiger partial charge < -0.3 is 0 Å². The summed E-state index contributed by atoms with van der Waals surface area (Å²) in [5.41, 5.74) is 0.549. The molecule has 3 aromatic carbocycles. The first-order chi connectivity index (χ1) is 13.6. The molecule has 0 aliphatic rings. The van der Waals surface area contributed by atoms with Gasteiger partial charge in [0.25, 0.3) is 20.0 Å². The number of rotatable bonds is 6. The molecule has 0 aromatic heterocycles. The van der Waals surface area contributed by atoms with Gasteiger partial charge in [0, 0.05) is 7.05 Å². The second-order valence-electron chi connectivity index (χ2n) is 5.99. The van der Waals surface area contributed by atoms with Gasteiger partial charge in [-0.15, -0.1) is 0 Å². The van der Waals surface area contributed by atoms with Crippen LogP contribution in [0.25, 0.3) is 0 Å². The lowest BCUT2D eigenvalue weighted by molar-refractivity contribution is 0.593. The van der Waals surface area contributed by atoms with Crippen LogP contribution >= 0.6 is 23.2 Å². The van der Waals surface area contributed by atoms with Crippen LogP contribution in [0.15, 0.2) is 82.6 Å². The topological polar surface area (TPSA) is 83.6 Å². The fourth-order valence-electron chi connectivity index (χ4n) is 2.56. The fourth-order valence-corrected chi connectivity index (χ4v) is 5.61. The van der Waals surface area contributed by atoms with Crippen LogP contribution in [0.1, 0.15) is 0 Å². The van der Waals surface area contributed by atoms with Crippen molar-refractivity contribution in [1.82, 2.24) is 0 Å². The Balaban J connectivity index is 1.95. The summed E-state index contributed by atoms with van der Waals surface area (Å²) in [6.07, 6.45) is 0. The largest absolute Gasteiger partial charge is 0.280 e. The van der Waals surface area contributed by atoms with Crippen molar-refractivity contribution < 1.29 is 16.8 Å². The normalized spacial score (nSPS) is 11.8. The molecule has 1 N–H and O–H groups in total. The van der Waals surface area contributed by atoms with Crippen LogP contribution in [0.3, 0.4) is 0 Å². The molecule has 3 aromatic rings. The zero-order valence-electron chi connectivity index (χ0n) is 15.1. The third-order valence-corrected chi connectivity index (χ3v) is 8.21. The molecule has 0 aliphatic carbocycles. The van der Waals surface area contributed by atoms with Gasteiger partial charge in [0.1, 0.15) is 4.90 Å². The zero-order chi connectivity index (χ0) is 21.2. The van der Waals surface area contributed by atoms with Crippen molar-refractivity contribution in [2.75, 3.05) is 16.1 Å². The minimum atomic E-state index is -4.08. The number of nitrogens with one attached hydrogen (secondary N) is 1. The van der Waals surface area contributed by atoms with Gasteiger partial charge in [0.15, 0.2) is 0 Å². The molecule has 0 saturated carbocycles. The molecule has 10 heteroatoms. The van der Waals surface area contributed by atoms with Gasteiger partial charge in [0.05, 0.1) is 26.3 Å². The first-order valence-corrected chi connectivity index (χ1v) is 11.9. The van der Waals surface area contributed by atoms with Crippen LogP contribution in [0.5, 0.6) is 0 Å². The SMILES string of the molecule is CN(c1ccccc1)S(=O)(=O)c1cccc(NS(=O)(=O)c2cccc(Cl)c2Cl)c1. The second kappa shape index (κ2) is 8.23. The fraction of sp³-hybridized carbons (Fsp3) is 0.0526. The van der Waals surface area contributed by atoms with Crippen molar-refractivity contribution in [2.24, 2.45) is 0 Å². The van der Waals surface area contributed by atoms with Crippen molar-refractivity contribution >= 4 is 54.6 Å². The van der Waals surface area contributed by atoms with Crippen LogP contribution in [0.2, 0.25) is 10.0 Å². The highest BCUT2D eigenvalue weighted by Crippen LogP contribution is 2.31. The van der Waals surface area contributed by atoms with Crippen LogP contribution in [-0.4, -0.2) is 23.9 Å². The Morgan fingerprint density at radius 3 is 2.17 bits per heavy atom. The molecule has 0 unspecified atom stereocenters. The number of hydrogen-bond acceptors (Lipinski definition) is 4. The summed E-state index contributed by atoms with van der Waals surface area (Å²) in [4.78, 5) is -0.275. The average Bonchev–Trinajstić information content (AvgIpc) is 2.70. The summed E-state index contributed by atoms with van der Waals surface area (Å²) in [6, 6.07) is 18.3. The molecule has 0 amide bonds. The van der Waals surface area contributed by atoms with E-state index in [1.54, 1.807) is 30.3 Å². The molecule has 0 fully saturated rings. The zero-order valence-corrected chi connectivity index (χ0v) is 18.2. The van der Waals surface area contributed by atoms with E-state index in [2.05, 4.69) is 4.72 Å². The molecule has 6 nitrogen and oxygen atoms in total. The van der Waals surface area contributed by atoms with Crippen LogP contribution < -0.4 is 9.03 Å². The number of sulfonamides is 2. The van der Waals surface area contributed by atoms with Gasteiger partial charge >= 0.3 is 0 Å². The highest BCUT2D eigenvalue weighted by atomic mass is 35.5. The Morgan fingerprint density at radius 2 is 1.48 bits per heavy atom. The Kier molecular flexibility index (Phi) is 6.09. The monoisotopic (exact) mass is 470 g/mol. The van der Waals surface area contributed by atoms with Crippen LogP contribution in [-0.2, 0) is 20.0 Å². The lowest BCUT2D eigenvalue weighted by Gasteiger charge is -2.20. The second-order valence-corrected chi connectivity index (χ2v) is 10.4. The lowest BCUT2D eigenvalue weighted by atomic mass is 10.3. The number of nitrogens with zero attached hydrogens (tertiary/aromatic N) is 1. The van der Waals surface area contributed by atoms with Crippen LogP contribution in [0, 0.1) is 0 Å². The van der Waals surface area contributed by atoms with E-state index in [9.17, 15) is 16.8 Å². The van der Waals surface area contributed by atoms with E-state index in [0.29, 0.717) is 5.69 Å². The number of halogens is 2. The van der Waals surface area contributed by atoms with Crippen molar-refractivity contribution in [3.63, 3.8) is 0 Å². The number of benzene rings is 3. The van der Waals surface area contributed by atoms with Gasteiger partial charge in [0.2, 0.25) is 0 Å². The molecule has 3 rings (SSSR count). The van der Waals surface area contributed by atoms with Gasteiger partial charge in [-0.2, -0.15) is 0 Å². The average molecular weight is 471 g/mol. The van der Waals surface area contributed by atoms with E-state index in [4.69, 9.17) is 23.2 Å². The van der Waals surface area contributed by atoms with Crippen LogP contribution in [0.4, 0.5) is 11.4 Å². The molecule has 0 saturated heterocycles. The third kappa shape index (κ3) is 4.51. The van der Waals surface area contributed by atoms with Crippen molar-refractivity contribution in [3.8, 4) is 0 Å². The Hall–Kier alpha value is -2.26. The molecule has 0 aliphatic heterocycles. The number of anilines is 2. The predicted octanol–water partition coefficient (Wildman–Crippen LogP) is 4.62. The van der Waals surface area contributed by atoms with Crippen molar-refractivity contribution in [3.05, 3.63) is 82.8 Å². The Morgan fingerprint density at radius 1 is 0.828 bits per heavy atom. The summed E-state index contributed by atoms with van der Waals surface area (Å²) in [5, 5.41) is -0.0235. The highest BCUT2D eigenvalue weighted by Gasteiger charge is 2.23. The van der Waals surface area contributed by atoms with Gasteiger partial charge in [-0.1, -0.05) is 53.5 Å². The molecule has 0 spiro atoms. The predicted molar refractivity (Wildman–Crippen MR) is 116 cm³/mol. The molecule has 0 heterocycles. The quantitative estimate of drug-likeness (QED) is 0.569. The maximum atomic E-state index is 12.9.